The molecule has 1 aliphatic rings. The SMILES string of the molecule is [C-]#[N+]c1ccc2c(c1)c1ccccc1n2-c1ccc2c(c1)-c1cc(-[n+]3cccc4c5ccccc5oc43)ccc1OCO2. The molecule has 0 saturated heterocycles. The molecule has 0 N–H and O–H groups in total. The normalized spacial score (nSPS) is 12.4. The monoisotopic (exact) mass is 556 g/mol. The fraction of sp³-hybridized carbons (Fsp3) is 0.0270. The predicted molar refractivity (Wildman–Crippen MR) is 167 cm³/mol. The van der Waals surface area contributed by atoms with Crippen molar-refractivity contribution in [3.63, 3.8) is 0 Å². The van der Waals surface area contributed by atoms with Crippen molar-refractivity contribution in [2.75, 3.05) is 6.79 Å². The van der Waals surface area contributed by atoms with Gasteiger partial charge < -0.3 is 18.5 Å². The van der Waals surface area contributed by atoms with Crippen LogP contribution < -0.4 is 14.0 Å². The number of ether oxygens (including phenoxy) is 2. The average Bonchev–Trinajstić information content (AvgIpc) is 3.54. The number of hydrogen-bond donors (Lipinski definition) is 0. The molecule has 0 fully saturated rings. The van der Waals surface area contributed by atoms with Crippen molar-refractivity contribution >= 4 is 49.6 Å². The summed E-state index contributed by atoms with van der Waals surface area (Å²) in [5, 5.41) is 4.30. The summed E-state index contributed by atoms with van der Waals surface area (Å²) in [4.78, 5) is 3.67. The molecule has 202 valence electrons. The zero-order chi connectivity index (χ0) is 28.5. The molecule has 0 aliphatic carbocycles. The van der Waals surface area contributed by atoms with E-state index >= 15 is 0 Å². The van der Waals surface area contributed by atoms with Crippen LogP contribution >= 0.6 is 0 Å². The predicted octanol–water partition coefficient (Wildman–Crippen LogP) is 8.91. The molecule has 3 aromatic heterocycles. The van der Waals surface area contributed by atoms with Crippen LogP contribution in [0.15, 0.2) is 126 Å². The maximum Gasteiger partial charge on any atom is 0.387 e. The zero-order valence-electron chi connectivity index (χ0n) is 22.8. The van der Waals surface area contributed by atoms with E-state index in [1.807, 2.05) is 79.0 Å². The Hall–Kier alpha value is -6.06. The number of aromatic nitrogens is 2. The Morgan fingerprint density at radius 2 is 1.40 bits per heavy atom. The Bertz CT molecular complexity index is 2460. The van der Waals surface area contributed by atoms with Gasteiger partial charge in [-0.25, -0.2) is 4.85 Å². The van der Waals surface area contributed by atoms with E-state index in [0.717, 1.165) is 77.9 Å². The first kappa shape index (κ1) is 23.6. The molecule has 43 heavy (non-hydrogen) atoms. The maximum absolute atomic E-state index is 7.53. The fourth-order valence-corrected chi connectivity index (χ4v) is 6.35. The standard InChI is InChI=1S/C37H22N3O3/c1-38-23-12-15-33-29(19-23)26-7-2-4-10-32(26)40(33)25-14-17-35-31(21-25)30-20-24(13-16-34(30)41-22-42-35)39-18-6-9-28-27-8-3-5-11-36(27)43-37(28)39/h2-21H,22H2/q+1. The Kier molecular flexibility index (Phi) is 4.93. The molecule has 0 unspecified atom stereocenters. The lowest BCUT2D eigenvalue weighted by molar-refractivity contribution is -0.574. The third kappa shape index (κ3) is 3.49. The van der Waals surface area contributed by atoms with Crippen LogP contribution in [-0.4, -0.2) is 11.4 Å². The van der Waals surface area contributed by atoms with E-state index in [1.54, 1.807) is 0 Å². The van der Waals surface area contributed by atoms with Crippen molar-refractivity contribution in [1.82, 2.24) is 4.57 Å². The van der Waals surface area contributed by atoms with Crippen LogP contribution in [0.1, 0.15) is 0 Å². The summed E-state index contributed by atoms with van der Waals surface area (Å²) in [6.07, 6.45) is 2.02. The molecule has 1 aliphatic heterocycles. The van der Waals surface area contributed by atoms with Gasteiger partial charge in [0.25, 0.3) is 0 Å². The molecule has 4 heterocycles. The molecule has 0 bridgehead atoms. The third-order valence-electron chi connectivity index (χ3n) is 8.30. The Balaban J connectivity index is 1.26. The van der Waals surface area contributed by atoms with E-state index in [9.17, 15) is 0 Å². The Morgan fingerprint density at radius 3 is 2.28 bits per heavy atom. The highest BCUT2D eigenvalue weighted by Crippen LogP contribution is 2.42. The molecule has 0 amide bonds. The number of pyridine rings is 1. The van der Waals surface area contributed by atoms with E-state index in [4.69, 9.17) is 20.5 Å². The van der Waals surface area contributed by atoms with Crippen molar-refractivity contribution in [2.45, 2.75) is 0 Å². The first-order valence-electron chi connectivity index (χ1n) is 14.0. The molecule has 5 aromatic carbocycles. The van der Waals surface area contributed by atoms with Crippen LogP contribution in [0.5, 0.6) is 11.5 Å². The number of rotatable bonds is 2. The summed E-state index contributed by atoms with van der Waals surface area (Å²) in [6.45, 7) is 7.65. The summed E-state index contributed by atoms with van der Waals surface area (Å²) in [5.74, 6) is 1.50. The molecular formula is C37H22N3O3+. The first-order valence-corrected chi connectivity index (χ1v) is 14.0. The van der Waals surface area contributed by atoms with Gasteiger partial charge in [-0.15, -0.1) is 4.57 Å². The second-order valence-electron chi connectivity index (χ2n) is 10.6. The zero-order valence-corrected chi connectivity index (χ0v) is 22.8. The van der Waals surface area contributed by atoms with Gasteiger partial charge in [0.05, 0.1) is 23.0 Å². The molecule has 6 heteroatoms. The van der Waals surface area contributed by atoms with Crippen LogP contribution in [-0.2, 0) is 0 Å². The van der Waals surface area contributed by atoms with Gasteiger partial charge in [-0.3, -0.25) is 0 Å². The highest BCUT2D eigenvalue weighted by Gasteiger charge is 2.24. The maximum atomic E-state index is 7.53. The van der Waals surface area contributed by atoms with Crippen LogP contribution in [0.4, 0.5) is 5.69 Å². The van der Waals surface area contributed by atoms with Gasteiger partial charge in [-0.2, -0.15) is 0 Å². The summed E-state index contributed by atoms with van der Waals surface area (Å²) in [5.41, 5.74) is 8.20. The summed E-state index contributed by atoms with van der Waals surface area (Å²) >= 11 is 0. The topological polar surface area (TPSA) is 44.8 Å². The van der Waals surface area contributed by atoms with Gasteiger partial charge in [0.2, 0.25) is 12.5 Å². The highest BCUT2D eigenvalue weighted by molar-refractivity contribution is 6.10. The fourth-order valence-electron chi connectivity index (χ4n) is 6.35. The summed E-state index contributed by atoms with van der Waals surface area (Å²) < 4.78 is 22.8. The molecule has 0 saturated carbocycles. The quantitative estimate of drug-likeness (QED) is 0.158. The number of para-hydroxylation sites is 2. The van der Waals surface area contributed by atoms with Gasteiger partial charge in [-0.1, -0.05) is 42.5 Å². The minimum atomic E-state index is 0.125. The van der Waals surface area contributed by atoms with Crippen LogP contribution in [0.25, 0.3) is 71.2 Å². The lowest BCUT2D eigenvalue weighted by Gasteiger charge is -2.13. The molecule has 0 spiro atoms. The molecule has 0 atom stereocenters. The summed E-state index contributed by atoms with van der Waals surface area (Å²) in [6, 6.07) is 38.9. The van der Waals surface area contributed by atoms with Gasteiger partial charge in [0.15, 0.2) is 11.9 Å². The number of fused-ring (bicyclic) bond motifs is 9. The third-order valence-corrected chi connectivity index (χ3v) is 8.30. The number of nitrogens with zero attached hydrogens (tertiary/aromatic N) is 3. The van der Waals surface area contributed by atoms with Gasteiger partial charge in [0.1, 0.15) is 17.1 Å². The van der Waals surface area contributed by atoms with Crippen LogP contribution in [0, 0.1) is 6.57 Å². The van der Waals surface area contributed by atoms with Crippen molar-refractivity contribution in [3.05, 3.63) is 133 Å². The minimum Gasteiger partial charge on any atom is -0.457 e. The van der Waals surface area contributed by atoms with Gasteiger partial charge in [-0.05, 0) is 60.0 Å². The van der Waals surface area contributed by atoms with E-state index in [0.29, 0.717) is 5.69 Å². The van der Waals surface area contributed by atoms with E-state index < -0.39 is 0 Å². The lowest BCUT2D eigenvalue weighted by atomic mass is 10.0. The average molecular weight is 557 g/mol. The Morgan fingerprint density at radius 1 is 0.651 bits per heavy atom. The van der Waals surface area contributed by atoms with Gasteiger partial charge in [0, 0.05) is 45.8 Å². The molecular weight excluding hydrogens is 534 g/mol. The molecule has 8 aromatic rings. The molecule has 9 rings (SSSR count). The van der Waals surface area contributed by atoms with Gasteiger partial charge >= 0.3 is 5.71 Å². The first-order chi connectivity index (χ1) is 21.3. The number of benzene rings is 5. The minimum absolute atomic E-state index is 0.125. The molecule has 6 nitrogen and oxygen atoms in total. The van der Waals surface area contributed by atoms with Crippen molar-refractivity contribution in [2.24, 2.45) is 0 Å². The largest absolute Gasteiger partial charge is 0.457 e. The number of furan rings is 1. The Labute approximate surface area is 246 Å². The second kappa shape index (κ2) is 8.97. The van der Waals surface area contributed by atoms with E-state index in [-0.39, 0.29) is 6.79 Å². The lowest BCUT2D eigenvalue weighted by Crippen LogP contribution is -2.30. The van der Waals surface area contributed by atoms with Crippen LogP contribution in [0.3, 0.4) is 0 Å². The van der Waals surface area contributed by atoms with Crippen molar-refractivity contribution in [1.29, 1.82) is 0 Å². The number of hydrogen-bond acceptors (Lipinski definition) is 3. The van der Waals surface area contributed by atoms with E-state index in [2.05, 4.69) is 56.4 Å². The van der Waals surface area contributed by atoms with Crippen molar-refractivity contribution in [3.8, 4) is 34.0 Å². The van der Waals surface area contributed by atoms with Crippen LogP contribution in [0.2, 0.25) is 0 Å². The van der Waals surface area contributed by atoms with E-state index in [1.165, 1.54) is 0 Å². The highest BCUT2D eigenvalue weighted by atomic mass is 16.7. The van der Waals surface area contributed by atoms with Crippen molar-refractivity contribution < 1.29 is 18.5 Å². The molecule has 0 radical (unpaired) electrons. The summed E-state index contributed by atoms with van der Waals surface area (Å²) in [7, 11) is 0. The smallest absolute Gasteiger partial charge is 0.387 e. The second-order valence-corrected chi connectivity index (χ2v) is 10.6.